The number of halogens is 1. The maximum atomic E-state index is 12.1. The zero-order valence-electron chi connectivity index (χ0n) is 12.2. The Kier molecular flexibility index (Phi) is 4.82. The molecule has 0 atom stereocenters. The van der Waals surface area contributed by atoms with Crippen LogP contribution >= 0.6 is 27.7 Å². The minimum Gasteiger partial charge on any atom is -0.478 e. The molecule has 7 heteroatoms. The highest BCUT2D eigenvalue weighted by Gasteiger charge is 2.24. The van der Waals surface area contributed by atoms with Gasteiger partial charge in [0.15, 0.2) is 5.17 Å². The number of carboxylic acids is 1. The first-order chi connectivity index (χ1) is 11.5. The highest BCUT2D eigenvalue weighted by atomic mass is 79.9. The van der Waals surface area contributed by atoms with Crippen LogP contribution in [0.5, 0.6) is 0 Å². The lowest BCUT2D eigenvalue weighted by atomic mass is 10.2. The number of aliphatic imine (C=N–C) groups is 1. The summed E-state index contributed by atoms with van der Waals surface area (Å²) in [5, 5.41) is 12.2. The molecule has 2 aromatic rings. The summed E-state index contributed by atoms with van der Waals surface area (Å²) in [5.74, 6) is -1.32. The molecule has 0 spiro atoms. The van der Waals surface area contributed by atoms with Crippen LogP contribution in [0.4, 0.5) is 5.69 Å². The van der Waals surface area contributed by atoms with Crippen LogP contribution in [0.25, 0.3) is 6.08 Å². The van der Waals surface area contributed by atoms with E-state index in [2.05, 4.69) is 26.2 Å². The van der Waals surface area contributed by atoms with Gasteiger partial charge >= 0.3 is 5.97 Å². The summed E-state index contributed by atoms with van der Waals surface area (Å²) in [7, 11) is 0. The number of para-hydroxylation sites is 1. The smallest absolute Gasteiger partial charge is 0.337 e. The van der Waals surface area contributed by atoms with Gasteiger partial charge in [-0.15, -0.1) is 0 Å². The van der Waals surface area contributed by atoms with Crippen molar-refractivity contribution in [2.24, 2.45) is 4.99 Å². The van der Waals surface area contributed by atoms with Crippen molar-refractivity contribution < 1.29 is 14.7 Å². The predicted octanol–water partition coefficient (Wildman–Crippen LogP) is 4.04. The summed E-state index contributed by atoms with van der Waals surface area (Å²) in [6, 6.07) is 14.0. The molecule has 0 unspecified atom stereocenters. The predicted molar refractivity (Wildman–Crippen MR) is 98.3 cm³/mol. The van der Waals surface area contributed by atoms with E-state index in [0.717, 1.165) is 10.0 Å². The number of rotatable bonds is 3. The Hall–Kier alpha value is -2.38. The van der Waals surface area contributed by atoms with Crippen LogP contribution < -0.4 is 5.32 Å². The number of hydrogen-bond donors (Lipinski definition) is 2. The second kappa shape index (κ2) is 7.02. The lowest BCUT2D eigenvalue weighted by Gasteiger charge is -2.00. The molecule has 3 rings (SSSR count). The summed E-state index contributed by atoms with van der Waals surface area (Å²) >= 11 is 4.54. The van der Waals surface area contributed by atoms with Crippen molar-refractivity contribution in [3.8, 4) is 0 Å². The quantitative estimate of drug-likeness (QED) is 0.759. The molecule has 24 heavy (non-hydrogen) atoms. The largest absolute Gasteiger partial charge is 0.478 e. The van der Waals surface area contributed by atoms with Crippen LogP contribution in [0.2, 0.25) is 0 Å². The van der Waals surface area contributed by atoms with E-state index in [4.69, 9.17) is 0 Å². The van der Waals surface area contributed by atoms with Crippen LogP contribution in [0, 0.1) is 0 Å². The van der Waals surface area contributed by atoms with Gasteiger partial charge in [-0.05, 0) is 47.7 Å². The minimum atomic E-state index is -1.06. The van der Waals surface area contributed by atoms with Crippen LogP contribution in [0.15, 0.2) is 62.9 Å². The third-order valence-corrected chi connectivity index (χ3v) is 4.61. The molecule has 1 amide bonds. The summed E-state index contributed by atoms with van der Waals surface area (Å²) in [5.41, 5.74) is 1.28. The lowest BCUT2D eigenvalue weighted by Crippen LogP contribution is -2.19. The van der Waals surface area contributed by atoms with Crippen molar-refractivity contribution in [1.82, 2.24) is 5.32 Å². The highest BCUT2D eigenvalue weighted by molar-refractivity contribution is 9.10. The molecular formula is C17H11BrN2O3S. The van der Waals surface area contributed by atoms with E-state index in [1.165, 1.54) is 17.8 Å². The van der Waals surface area contributed by atoms with Crippen molar-refractivity contribution in [2.45, 2.75) is 0 Å². The van der Waals surface area contributed by atoms with Crippen molar-refractivity contribution in [3.63, 3.8) is 0 Å². The van der Waals surface area contributed by atoms with Gasteiger partial charge in [-0.3, -0.25) is 4.79 Å². The normalized spacial score (nSPS) is 17.3. The summed E-state index contributed by atoms with van der Waals surface area (Å²) < 4.78 is 0.959. The minimum absolute atomic E-state index is 0.0881. The monoisotopic (exact) mass is 402 g/mol. The summed E-state index contributed by atoms with van der Waals surface area (Å²) in [6.07, 6.45) is 1.76. The Morgan fingerprint density at radius 1 is 1.17 bits per heavy atom. The molecule has 1 aliphatic heterocycles. The first-order valence-electron chi connectivity index (χ1n) is 6.90. The van der Waals surface area contributed by atoms with Gasteiger partial charge in [-0.2, -0.15) is 0 Å². The van der Waals surface area contributed by atoms with E-state index in [1.54, 1.807) is 24.3 Å². The fraction of sp³-hybridized carbons (Fsp3) is 0. The highest BCUT2D eigenvalue weighted by Crippen LogP contribution is 2.29. The molecule has 2 aromatic carbocycles. The Morgan fingerprint density at radius 3 is 2.58 bits per heavy atom. The summed E-state index contributed by atoms with van der Waals surface area (Å²) in [6.45, 7) is 0. The van der Waals surface area contributed by atoms with Gasteiger partial charge in [-0.1, -0.05) is 40.2 Å². The number of thioether (sulfide) groups is 1. The fourth-order valence-electron chi connectivity index (χ4n) is 2.05. The van der Waals surface area contributed by atoms with Gasteiger partial charge in [0.25, 0.3) is 5.91 Å². The van der Waals surface area contributed by atoms with E-state index in [1.807, 2.05) is 24.3 Å². The lowest BCUT2D eigenvalue weighted by molar-refractivity contribution is -0.115. The van der Waals surface area contributed by atoms with Crippen molar-refractivity contribution in [2.75, 3.05) is 0 Å². The Bertz CT molecular complexity index is 876. The van der Waals surface area contributed by atoms with Gasteiger partial charge in [0.2, 0.25) is 0 Å². The topological polar surface area (TPSA) is 78.8 Å². The molecule has 1 fully saturated rings. The Morgan fingerprint density at radius 2 is 1.88 bits per heavy atom. The number of nitrogens with zero attached hydrogens (tertiary/aromatic N) is 1. The second-order valence-corrected chi connectivity index (χ2v) is 6.80. The van der Waals surface area contributed by atoms with Gasteiger partial charge < -0.3 is 10.4 Å². The first kappa shape index (κ1) is 16.5. The molecule has 0 saturated carbocycles. The molecule has 2 N–H and O–H groups in total. The van der Waals surface area contributed by atoms with Gasteiger partial charge in [0, 0.05) is 4.47 Å². The molecule has 1 saturated heterocycles. The number of amidine groups is 1. The third kappa shape index (κ3) is 3.74. The van der Waals surface area contributed by atoms with Crippen LogP contribution in [-0.4, -0.2) is 22.2 Å². The molecular weight excluding hydrogens is 392 g/mol. The maximum Gasteiger partial charge on any atom is 0.337 e. The molecule has 1 aliphatic rings. The number of benzene rings is 2. The maximum absolute atomic E-state index is 12.1. The fourth-order valence-corrected chi connectivity index (χ4v) is 3.15. The standard InChI is InChI=1S/C17H11BrN2O3S/c18-11-7-5-10(6-8-11)9-14-15(21)20-17(24-14)19-13-4-2-1-3-12(13)16(22)23/h1-9H,(H,22,23)(H,19,20,21)/b14-9-. The van der Waals surface area contributed by atoms with Crippen LogP contribution in [0.3, 0.4) is 0 Å². The molecule has 0 aromatic heterocycles. The van der Waals surface area contributed by atoms with Crippen LogP contribution in [0.1, 0.15) is 15.9 Å². The van der Waals surface area contributed by atoms with Crippen molar-refractivity contribution in [1.29, 1.82) is 0 Å². The zero-order chi connectivity index (χ0) is 17.1. The molecule has 5 nitrogen and oxygen atoms in total. The number of nitrogens with one attached hydrogen (secondary N) is 1. The van der Waals surface area contributed by atoms with Crippen molar-refractivity contribution >= 4 is 56.5 Å². The van der Waals surface area contributed by atoms with E-state index >= 15 is 0 Å². The van der Waals surface area contributed by atoms with E-state index in [9.17, 15) is 14.7 Å². The van der Waals surface area contributed by atoms with Crippen molar-refractivity contribution in [3.05, 3.63) is 69.0 Å². The number of amides is 1. The van der Waals surface area contributed by atoms with Gasteiger partial charge in [0.1, 0.15) is 0 Å². The van der Waals surface area contributed by atoms with E-state index in [-0.39, 0.29) is 11.5 Å². The molecule has 0 bridgehead atoms. The van der Waals surface area contributed by atoms with Gasteiger partial charge in [0.05, 0.1) is 16.2 Å². The first-order valence-corrected chi connectivity index (χ1v) is 8.51. The van der Waals surface area contributed by atoms with E-state index < -0.39 is 5.97 Å². The van der Waals surface area contributed by atoms with Gasteiger partial charge in [-0.25, -0.2) is 9.79 Å². The number of carbonyl (C=O) groups is 2. The number of carbonyl (C=O) groups excluding carboxylic acids is 1. The molecule has 1 heterocycles. The average Bonchev–Trinajstić information content (AvgIpc) is 2.89. The number of carboxylic acid groups (broad SMARTS) is 1. The molecule has 120 valence electrons. The molecule has 0 radical (unpaired) electrons. The Labute approximate surface area is 150 Å². The zero-order valence-corrected chi connectivity index (χ0v) is 14.6. The third-order valence-electron chi connectivity index (χ3n) is 3.18. The Balaban J connectivity index is 1.87. The average molecular weight is 403 g/mol. The van der Waals surface area contributed by atoms with Crippen LogP contribution in [-0.2, 0) is 4.79 Å². The number of hydrogen-bond acceptors (Lipinski definition) is 4. The molecule has 0 aliphatic carbocycles. The second-order valence-electron chi connectivity index (χ2n) is 4.86. The SMILES string of the molecule is O=C1NC(=Nc2ccccc2C(=O)O)S/C1=C\c1ccc(Br)cc1. The number of aromatic carboxylic acids is 1. The van der Waals surface area contributed by atoms with E-state index in [0.29, 0.717) is 15.8 Å². The summed E-state index contributed by atoms with van der Waals surface area (Å²) in [4.78, 5) is 28.0.